The number of fused-ring (bicyclic) bond motifs is 1. The van der Waals surface area contributed by atoms with Crippen molar-refractivity contribution in [1.82, 2.24) is 0 Å². The van der Waals surface area contributed by atoms with E-state index in [-0.39, 0.29) is 63.2 Å². The summed E-state index contributed by atoms with van der Waals surface area (Å²) in [6.45, 7) is 7.76. The Kier molecular flexibility index (Phi) is 9.13. The zero-order chi connectivity index (χ0) is 17.2. The number of furan rings is 1. The van der Waals surface area contributed by atoms with Gasteiger partial charge < -0.3 is 17.0 Å². The minimum atomic E-state index is -3.85. The van der Waals surface area contributed by atoms with Crippen molar-refractivity contribution in [3.63, 3.8) is 0 Å². The molecular formula is C18H24NO4SY-. The van der Waals surface area contributed by atoms with Crippen LogP contribution in [0, 0.1) is 14.4 Å². The predicted molar refractivity (Wildman–Crippen MR) is 99.0 cm³/mol. The first-order valence-electron chi connectivity index (χ1n) is 7.58. The second-order valence-electron chi connectivity index (χ2n) is 4.80. The van der Waals surface area contributed by atoms with Gasteiger partial charge in [0, 0.05) is 44.8 Å². The molecule has 0 aliphatic carbocycles. The predicted octanol–water partition coefficient (Wildman–Crippen LogP) is 4.62. The van der Waals surface area contributed by atoms with Gasteiger partial charge in [-0.05, 0) is 25.5 Å². The van der Waals surface area contributed by atoms with Crippen LogP contribution in [-0.4, -0.2) is 20.1 Å². The van der Waals surface area contributed by atoms with Gasteiger partial charge in [-0.3, -0.25) is 0 Å². The monoisotopic (exact) mass is 439 g/mol. The number of nitrogens with zero attached hydrogens (tertiary/aromatic N) is 1. The molecule has 0 atom stereocenters. The first-order chi connectivity index (χ1) is 11.0. The SMILES string of the molecule is CC.CCN1c2occc2C(O)=C(c2ccccc2C)S1(=O)=O.[CH3-].[Y]. The Morgan fingerprint density at radius 1 is 1.12 bits per heavy atom. The summed E-state index contributed by atoms with van der Waals surface area (Å²) < 4.78 is 32.0. The Morgan fingerprint density at radius 2 is 1.72 bits per heavy atom. The van der Waals surface area contributed by atoms with Gasteiger partial charge in [0.05, 0.1) is 11.8 Å². The molecule has 25 heavy (non-hydrogen) atoms. The fourth-order valence-electron chi connectivity index (χ4n) is 2.55. The van der Waals surface area contributed by atoms with Crippen molar-refractivity contribution in [1.29, 1.82) is 0 Å². The third-order valence-corrected chi connectivity index (χ3v) is 5.50. The smallest absolute Gasteiger partial charge is 0.270 e. The normalized spacial score (nSPS) is 14.5. The quantitative estimate of drug-likeness (QED) is 0.694. The molecule has 1 aliphatic heterocycles. The molecule has 0 spiro atoms. The first-order valence-corrected chi connectivity index (χ1v) is 9.02. The Bertz CT molecular complexity index is 840. The summed E-state index contributed by atoms with van der Waals surface area (Å²) in [7, 11) is -3.85. The van der Waals surface area contributed by atoms with Crippen molar-refractivity contribution < 1.29 is 50.7 Å². The molecule has 0 saturated carbocycles. The Balaban J connectivity index is 0.00000139. The molecule has 1 aromatic carbocycles. The van der Waals surface area contributed by atoms with Gasteiger partial charge in [-0.1, -0.05) is 38.1 Å². The van der Waals surface area contributed by atoms with E-state index in [0.29, 0.717) is 11.1 Å². The number of aryl methyl sites for hydroxylation is 1. The molecule has 135 valence electrons. The van der Waals surface area contributed by atoms with Gasteiger partial charge in [-0.2, -0.15) is 0 Å². The van der Waals surface area contributed by atoms with Gasteiger partial charge in [0.1, 0.15) is 10.7 Å². The number of hydrogen-bond donors (Lipinski definition) is 1. The summed E-state index contributed by atoms with van der Waals surface area (Å²) in [5, 5.41) is 10.5. The van der Waals surface area contributed by atoms with E-state index in [1.807, 2.05) is 32.9 Å². The van der Waals surface area contributed by atoms with E-state index in [0.717, 1.165) is 5.56 Å². The van der Waals surface area contributed by atoms with Crippen LogP contribution in [-0.2, 0) is 42.7 Å². The molecule has 0 bridgehead atoms. The average Bonchev–Trinajstić information content (AvgIpc) is 3.00. The minimum Gasteiger partial charge on any atom is -0.506 e. The maximum atomic E-state index is 12.8. The molecule has 7 heteroatoms. The van der Waals surface area contributed by atoms with Crippen LogP contribution >= 0.6 is 0 Å². The van der Waals surface area contributed by atoms with E-state index in [9.17, 15) is 13.5 Å². The van der Waals surface area contributed by atoms with Crippen LogP contribution < -0.4 is 4.31 Å². The third-order valence-electron chi connectivity index (χ3n) is 3.57. The molecule has 0 fully saturated rings. The van der Waals surface area contributed by atoms with Gasteiger partial charge in [-0.25, -0.2) is 12.7 Å². The van der Waals surface area contributed by atoms with E-state index < -0.39 is 10.0 Å². The molecule has 1 radical (unpaired) electrons. The number of aliphatic hydroxyl groups is 1. The van der Waals surface area contributed by atoms with Gasteiger partial charge in [0.25, 0.3) is 10.0 Å². The van der Waals surface area contributed by atoms with E-state index in [1.165, 1.54) is 10.6 Å². The van der Waals surface area contributed by atoms with E-state index >= 15 is 0 Å². The van der Waals surface area contributed by atoms with Crippen LogP contribution in [0.2, 0.25) is 0 Å². The van der Waals surface area contributed by atoms with Crippen LogP contribution in [0.3, 0.4) is 0 Å². The van der Waals surface area contributed by atoms with Crippen LogP contribution in [0.15, 0.2) is 41.0 Å². The fourth-order valence-corrected chi connectivity index (χ4v) is 4.33. The van der Waals surface area contributed by atoms with Crippen molar-refractivity contribution in [3.8, 4) is 0 Å². The third kappa shape index (κ3) is 4.01. The second-order valence-corrected chi connectivity index (χ2v) is 6.60. The second kappa shape index (κ2) is 9.55. The van der Waals surface area contributed by atoms with Crippen molar-refractivity contribution >= 4 is 26.6 Å². The summed E-state index contributed by atoms with van der Waals surface area (Å²) in [6, 6.07) is 8.65. The molecule has 1 aliphatic rings. The molecule has 5 nitrogen and oxygen atoms in total. The van der Waals surface area contributed by atoms with Crippen LogP contribution in [0.5, 0.6) is 0 Å². The number of benzene rings is 1. The summed E-state index contributed by atoms with van der Waals surface area (Å²) in [4.78, 5) is -0.0728. The molecule has 3 rings (SSSR count). The molecule has 0 saturated heterocycles. The molecule has 1 aromatic heterocycles. The topological polar surface area (TPSA) is 70.8 Å². The molecule has 1 N–H and O–H groups in total. The minimum absolute atomic E-state index is 0. The summed E-state index contributed by atoms with van der Waals surface area (Å²) in [5.74, 6) is -0.106. The molecule has 0 unspecified atom stereocenters. The zero-order valence-electron chi connectivity index (χ0n) is 15.3. The Labute approximate surface area is 175 Å². The number of anilines is 1. The van der Waals surface area contributed by atoms with E-state index in [1.54, 1.807) is 25.1 Å². The summed E-state index contributed by atoms with van der Waals surface area (Å²) in [5.41, 5.74) is 1.68. The van der Waals surface area contributed by atoms with Gasteiger partial charge >= 0.3 is 0 Å². The fraction of sp³-hybridized carbons (Fsp3) is 0.278. The van der Waals surface area contributed by atoms with Crippen molar-refractivity contribution in [3.05, 3.63) is 60.7 Å². The molecule has 2 heterocycles. The molecule has 0 amide bonds. The number of sulfonamides is 1. The van der Waals surface area contributed by atoms with E-state index in [4.69, 9.17) is 4.42 Å². The number of aliphatic hydroxyl groups excluding tert-OH is 1. The standard InChI is InChI=1S/C15H15NO4S.C2H6.CH3.Y/c1-3-16-15-12(8-9-20-15)13(17)14(21(16,18)19)11-7-5-4-6-10(11)2;1-2;;/h4-9,17H,3H2,1-2H3;1-2H3;1H3;/q;;-1;. The summed E-state index contributed by atoms with van der Waals surface area (Å²) in [6.07, 6.45) is 1.37. The maximum absolute atomic E-state index is 12.8. The molecule has 2 aromatic rings. The summed E-state index contributed by atoms with van der Waals surface area (Å²) >= 11 is 0. The van der Waals surface area contributed by atoms with Crippen LogP contribution in [0.1, 0.15) is 37.5 Å². The first kappa shape index (κ1) is 23.9. The van der Waals surface area contributed by atoms with Crippen molar-refractivity contribution in [2.45, 2.75) is 27.7 Å². The van der Waals surface area contributed by atoms with Gasteiger partial charge in [0.15, 0.2) is 0 Å². The Morgan fingerprint density at radius 3 is 2.28 bits per heavy atom. The van der Waals surface area contributed by atoms with Crippen LogP contribution in [0.25, 0.3) is 10.7 Å². The maximum Gasteiger partial charge on any atom is 0.270 e. The average molecular weight is 439 g/mol. The van der Waals surface area contributed by atoms with Crippen LogP contribution in [0.4, 0.5) is 5.88 Å². The van der Waals surface area contributed by atoms with Crippen molar-refractivity contribution in [2.24, 2.45) is 0 Å². The van der Waals surface area contributed by atoms with Gasteiger partial charge in [-0.15, -0.1) is 0 Å². The largest absolute Gasteiger partial charge is 0.506 e. The number of rotatable bonds is 2. The number of hydrogen-bond acceptors (Lipinski definition) is 4. The van der Waals surface area contributed by atoms with E-state index in [2.05, 4.69) is 0 Å². The molecular weight excluding hydrogens is 415 g/mol. The zero-order valence-corrected chi connectivity index (χ0v) is 18.9. The Hall–Kier alpha value is -1.11. The van der Waals surface area contributed by atoms with Gasteiger partial charge in [0.2, 0.25) is 5.88 Å². The van der Waals surface area contributed by atoms with Crippen molar-refractivity contribution in [2.75, 3.05) is 10.8 Å².